The summed E-state index contributed by atoms with van der Waals surface area (Å²) in [5, 5.41) is 0.926. The molecular formula is C23H27N2O4+. The summed E-state index contributed by atoms with van der Waals surface area (Å²) in [5.74, 6) is 2.40. The molecule has 2 aromatic carbocycles. The van der Waals surface area contributed by atoms with Crippen LogP contribution in [0, 0.1) is 6.92 Å². The van der Waals surface area contributed by atoms with Crippen LogP contribution >= 0.6 is 0 Å². The summed E-state index contributed by atoms with van der Waals surface area (Å²) in [5.41, 5.74) is 5.12. The van der Waals surface area contributed by atoms with Crippen LogP contribution < -0.4 is 19.1 Å². The van der Waals surface area contributed by atoms with Gasteiger partial charge in [0.1, 0.15) is 18.8 Å². The second-order valence-corrected chi connectivity index (χ2v) is 7.54. The Kier molecular flexibility index (Phi) is 5.20. The molecule has 0 spiro atoms. The van der Waals surface area contributed by atoms with Crippen LogP contribution in [0.3, 0.4) is 0 Å². The number of carbonyl (C=O) groups is 1. The molecule has 3 aromatic rings. The van der Waals surface area contributed by atoms with Crippen LogP contribution in [-0.2, 0) is 13.0 Å². The molecule has 4 rings (SSSR count). The Morgan fingerprint density at radius 3 is 2.45 bits per heavy atom. The average molecular weight is 395 g/mol. The van der Waals surface area contributed by atoms with Crippen molar-refractivity contribution in [3.63, 3.8) is 0 Å². The Labute approximate surface area is 170 Å². The van der Waals surface area contributed by atoms with Crippen molar-refractivity contribution in [2.75, 3.05) is 34.4 Å². The van der Waals surface area contributed by atoms with Gasteiger partial charge in [-0.2, -0.15) is 0 Å². The number of nitrogens with one attached hydrogen (secondary N) is 2. The van der Waals surface area contributed by atoms with E-state index in [1.807, 2.05) is 31.2 Å². The van der Waals surface area contributed by atoms with Gasteiger partial charge < -0.3 is 24.1 Å². The highest BCUT2D eigenvalue weighted by Crippen LogP contribution is 2.31. The third-order valence-corrected chi connectivity index (χ3v) is 5.78. The van der Waals surface area contributed by atoms with Gasteiger partial charge in [0.15, 0.2) is 11.5 Å². The van der Waals surface area contributed by atoms with E-state index in [9.17, 15) is 4.79 Å². The number of aromatic nitrogens is 1. The maximum Gasteiger partial charge on any atom is 0.219 e. The van der Waals surface area contributed by atoms with Gasteiger partial charge in [-0.15, -0.1) is 0 Å². The molecule has 0 saturated carbocycles. The highest BCUT2D eigenvalue weighted by Gasteiger charge is 2.26. The molecule has 6 heteroatoms. The normalized spacial score (nSPS) is 15.8. The Morgan fingerprint density at radius 2 is 1.76 bits per heavy atom. The van der Waals surface area contributed by atoms with Crippen LogP contribution in [0.15, 0.2) is 30.3 Å². The fourth-order valence-corrected chi connectivity index (χ4v) is 4.29. The number of aryl methyl sites for hydroxylation is 1. The summed E-state index contributed by atoms with van der Waals surface area (Å²) in [7, 11) is 4.94. The van der Waals surface area contributed by atoms with E-state index in [1.165, 1.54) is 16.0 Å². The van der Waals surface area contributed by atoms with Crippen LogP contribution in [0.5, 0.6) is 17.2 Å². The average Bonchev–Trinajstić information content (AvgIpc) is 3.07. The van der Waals surface area contributed by atoms with E-state index in [1.54, 1.807) is 21.3 Å². The van der Waals surface area contributed by atoms with E-state index in [-0.39, 0.29) is 5.78 Å². The molecule has 2 heterocycles. The second-order valence-electron chi connectivity index (χ2n) is 7.54. The molecule has 2 N–H and O–H groups in total. The van der Waals surface area contributed by atoms with Crippen molar-refractivity contribution in [2.45, 2.75) is 19.9 Å². The minimum atomic E-state index is 0.154. The van der Waals surface area contributed by atoms with E-state index in [2.05, 4.69) is 11.1 Å². The number of carbonyl (C=O) groups excluding carboxylic acids is 1. The SMILES string of the molecule is COc1ccc2[nH]c(C)c(C(=O)C[NH+]3CCc4cc(OC)c(OC)cc4C3)c2c1. The van der Waals surface area contributed by atoms with Crippen molar-refractivity contribution < 1.29 is 23.9 Å². The number of hydrogen-bond acceptors (Lipinski definition) is 4. The van der Waals surface area contributed by atoms with Crippen molar-refractivity contribution in [1.82, 2.24) is 4.98 Å². The number of hydrogen-bond donors (Lipinski definition) is 2. The van der Waals surface area contributed by atoms with Gasteiger partial charge in [-0.05, 0) is 42.8 Å². The number of ketones is 1. The molecule has 0 amide bonds. The molecule has 1 aliphatic rings. The lowest BCUT2D eigenvalue weighted by Gasteiger charge is -2.26. The topological polar surface area (TPSA) is 65.0 Å². The second kappa shape index (κ2) is 7.79. The molecule has 1 atom stereocenters. The largest absolute Gasteiger partial charge is 0.497 e. The fraction of sp³-hybridized carbons (Fsp3) is 0.348. The number of ether oxygens (including phenoxy) is 3. The Bertz CT molecular complexity index is 1070. The molecule has 152 valence electrons. The Hall–Kier alpha value is -2.99. The maximum atomic E-state index is 13.2. The van der Waals surface area contributed by atoms with Crippen molar-refractivity contribution in [3.05, 3.63) is 52.7 Å². The first-order chi connectivity index (χ1) is 14.0. The zero-order chi connectivity index (χ0) is 20.5. The van der Waals surface area contributed by atoms with Gasteiger partial charge in [0.25, 0.3) is 0 Å². The number of H-pyrrole nitrogens is 1. The summed E-state index contributed by atoms with van der Waals surface area (Å²) >= 11 is 0. The molecule has 0 radical (unpaired) electrons. The van der Waals surface area contributed by atoms with E-state index in [4.69, 9.17) is 14.2 Å². The summed E-state index contributed by atoms with van der Waals surface area (Å²) in [6, 6.07) is 9.90. The maximum absolute atomic E-state index is 13.2. The van der Waals surface area contributed by atoms with Crippen molar-refractivity contribution in [1.29, 1.82) is 0 Å². The van der Waals surface area contributed by atoms with Gasteiger partial charge in [-0.25, -0.2) is 0 Å². The van der Waals surface area contributed by atoms with Gasteiger partial charge in [-0.3, -0.25) is 4.79 Å². The van der Waals surface area contributed by atoms with Crippen molar-refractivity contribution in [3.8, 4) is 17.2 Å². The van der Waals surface area contributed by atoms with Crippen LogP contribution in [0.2, 0.25) is 0 Å². The summed E-state index contributed by atoms with van der Waals surface area (Å²) in [6.07, 6.45) is 0.916. The molecule has 1 aromatic heterocycles. The number of quaternary nitrogens is 1. The lowest BCUT2D eigenvalue weighted by atomic mass is 9.98. The first-order valence-electron chi connectivity index (χ1n) is 9.81. The van der Waals surface area contributed by atoms with Crippen LogP contribution in [-0.4, -0.2) is 45.2 Å². The molecule has 1 aliphatic heterocycles. The van der Waals surface area contributed by atoms with Crippen molar-refractivity contribution in [2.24, 2.45) is 0 Å². The predicted octanol–water partition coefficient (Wildman–Crippen LogP) is 2.33. The van der Waals surface area contributed by atoms with E-state index in [0.717, 1.165) is 58.9 Å². The molecule has 29 heavy (non-hydrogen) atoms. The Balaban J connectivity index is 1.57. The van der Waals surface area contributed by atoms with E-state index < -0.39 is 0 Å². The molecule has 6 nitrogen and oxygen atoms in total. The Morgan fingerprint density at radius 1 is 1.03 bits per heavy atom. The lowest BCUT2D eigenvalue weighted by Crippen LogP contribution is -3.12. The third kappa shape index (κ3) is 3.56. The summed E-state index contributed by atoms with van der Waals surface area (Å²) < 4.78 is 16.2. The van der Waals surface area contributed by atoms with Gasteiger partial charge in [0, 0.05) is 28.6 Å². The van der Waals surface area contributed by atoms with Gasteiger partial charge >= 0.3 is 0 Å². The first-order valence-corrected chi connectivity index (χ1v) is 9.81. The quantitative estimate of drug-likeness (QED) is 0.629. The van der Waals surface area contributed by atoms with Crippen LogP contribution in [0.25, 0.3) is 10.9 Å². The lowest BCUT2D eigenvalue weighted by molar-refractivity contribution is -0.907. The molecule has 0 aliphatic carbocycles. The minimum absolute atomic E-state index is 0.154. The monoisotopic (exact) mass is 395 g/mol. The number of fused-ring (bicyclic) bond motifs is 2. The predicted molar refractivity (Wildman–Crippen MR) is 112 cm³/mol. The molecule has 0 fully saturated rings. The minimum Gasteiger partial charge on any atom is -0.497 e. The molecule has 0 bridgehead atoms. The number of aromatic amines is 1. The molecule has 0 saturated heterocycles. The van der Waals surface area contributed by atoms with Gasteiger partial charge in [-0.1, -0.05) is 0 Å². The zero-order valence-corrected chi connectivity index (χ0v) is 17.3. The van der Waals surface area contributed by atoms with Gasteiger partial charge in [0.2, 0.25) is 5.78 Å². The number of benzene rings is 2. The summed E-state index contributed by atoms with van der Waals surface area (Å²) in [4.78, 5) is 17.8. The molecule has 1 unspecified atom stereocenters. The highest BCUT2D eigenvalue weighted by molar-refractivity contribution is 6.10. The standard InChI is InChI=1S/C23H26N2O4/c1-14-23(18-11-17(27-2)5-6-19(18)24-14)20(26)13-25-8-7-15-9-21(28-3)22(29-4)10-16(15)12-25/h5-6,9-11,24H,7-8,12-13H2,1-4H3/p+1. The number of Topliss-reactive ketones (excluding diaryl/α,β-unsaturated/α-hetero) is 1. The fourth-order valence-electron chi connectivity index (χ4n) is 4.29. The number of methoxy groups -OCH3 is 3. The first kappa shape index (κ1) is 19.3. The molecular weight excluding hydrogens is 368 g/mol. The van der Waals surface area contributed by atoms with Crippen molar-refractivity contribution >= 4 is 16.7 Å². The van der Waals surface area contributed by atoms with Crippen LogP contribution in [0.4, 0.5) is 0 Å². The third-order valence-electron chi connectivity index (χ3n) is 5.78. The van der Waals surface area contributed by atoms with E-state index >= 15 is 0 Å². The zero-order valence-electron chi connectivity index (χ0n) is 17.3. The van der Waals surface area contributed by atoms with Crippen LogP contribution in [0.1, 0.15) is 27.2 Å². The summed E-state index contributed by atoms with van der Waals surface area (Å²) in [6.45, 7) is 4.13. The number of rotatable bonds is 6. The smallest absolute Gasteiger partial charge is 0.219 e. The van der Waals surface area contributed by atoms with Gasteiger partial charge in [0.05, 0.1) is 33.4 Å². The highest BCUT2D eigenvalue weighted by atomic mass is 16.5. The van der Waals surface area contributed by atoms with E-state index in [0.29, 0.717) is 6.54 Å².